The number of carbonyl (C=O) groups is 1. The number of amidine groups is 1. The number of fused-ring (bicyclic) bond motifs is 2. The Bertz CT molecular complexity index is 999. The molecule has 118 valence electrons. The molecule has 0 spiro atoms. The number of carbonyl (C=O) groups excluding carboxylic acids is 1. The summed E-state index contributed by atoms with van der Waals surface area (Å²) in [6.07, 6.45) is 0. The maximum Gasteiger partial charge on any atom is 0.264 e. The summed E-state index contributed by atoms with van der Waals surface area (Å²) >= 11 is 0. The number of benzene rings is 2. The van der Waals surface area contributed by atoms with Gasteiger partial charge in [0.25, 0.3) is 5.91 Å². The molecule has 0 bridgehead atoms. The van der Waals surface area contributed by atoms with Crippen LogP contribution in [0.3, 0.4) is 0 Å². The van der Waals surface area contributed by atoms with Crippen molar-refractivity contribution in [1.82, 2.24) is 4.98 Å². The van der Waals surface area contributed by atoms with Crippen LogP contribution in [-0.2, 0) is 4.79 Å². The summed E-state index contributed by atoms with van der Waals surface area (Å²) in [5.74, 6) is -1.27. The van der Waals surface area contributed by atoms with E-state index in [0.717, 1.165) is 10.9 Å². The highest BCUT2D eigenvalue weighted by Gasteiger charge is 2.39. The summed E-state index contributed by atoms with van der Waals surface area (Å²) < 4.78 is 0. The molecule has 24 heavy (non-hydrogen) atoms. The van der Waals surface area contributed by atoms with Crippen molar-refractivity contribution in [2.75, 3.05) is 5.06 Å². The molecule has 1 atom stereocenters. The quantitative estimate of drug-likeness (QED) is 0.383. The fraction of sp³-hybridized carbons (Fsp3) is 0.0556. The second kappa shape index (κ2) is 5.14. The van der Waals surface area contributed by atoms with Crippen LogP contribution in [0.15, 0.2) is 54.6 Å². The highest BCUT2D eigenvalue weighted by molar-refractivity contribution is 6.06. The van der Waals surface area contributed by atoms with Gasteiger partial charge in [-0.3, -0.25) is 20.4 Å². The molecular formula is C18H14N4O2. The molecule has 1 aliphatic rings. The van der Waals surface area contributed by atoms with Gasteiger partial charge < -0.3 is 5.73 Å². The van der Waals surface area contributed by atoms with E-state index >= 15 is 0 Å². The van der Waals surface area contributed by atoms with Crippen molar-refractivity contribution in [2.45, 2.75) is 5.92 Å². The van der Waals surface area contributed by atoms with Crippen LogP contribution in [0, 0.1) is 5.41 Å². The van der Waals surface area contributed by atoms with E-state index in [4.69, 9.17) is 11.1 Å². The second-order valence-electron chi connectivity index (χ2n) is 5.70. The molecule has 0 aliphatic carbocycles. The number of nitrogens with two attached hydrogens (primary N) is 1. The minimum Gasteiger partial charge on any atom is -0.384 e. The van der Waals surface area contributed by atoms with E-state index in [1.54, 1.807) is 24.3 Å². The van der Waals surface area contributed by atoms with Crippen molar-refractivity contribution < 1.29 is 10.0 Å². The van der Waals surface area contributed by atoms with Crippen LogP contribution in [0.1, 0.15) is 22.7 Å². The van der Waals surface area contributed by atoms with E-state index in [-0.39, 0.29) is 5.84 Å². The van der Waals surface area contributed by atoms with Crippen LogP contribution in [-0.4, -0.2) is 21.9 Å². The molecule has 0 saturated heterocycles. The number of nitrogen functional groups attached to an aromatic ring is 1. The van der Waals surface area contributed by atoms with E-state index in [1.807, 2.05) is 30.3 Å². The molecule has 3 aromatic rings. The lowest BCUT2D eigenvalue weighted by atomic mass is 9.94. The highest BCUT2D eigenvalue weighted by Crippen LogP contribution is 2.40. The Morgan fingerprint density at radius 1 is 1.17 bits per heavy atom. The number of nitrogens with zero attached hydrogens (tertiary/aromatic N) is 2. The second-order valence-corrected chi connectivity index (χ2v) is 5.70. The summed E-state index contributed by atoms with van der Waals surface area (Å²) in [5, 5.41) is 19.3. The number of aromatic nitrogens is 1. The number of hydrogen-bond acceptors (Lipinski definition) is 4. The minimum absolute atomic E-state index is 0.0909. The summed E-state index contributed by atoms with van der Waals surface area (Å²) in [6.45, 7) is 0. The molecule has 4 N–H and O–H groups in total. The van der Waals surface area contributed by atoms with Gasteiger partial charge in [-0.2, -0.15) is 5.06 Å². The largest absolute Gasteiger partial charge is 0.384 e. The van der Waals surface area contributed by atoms with Crippen LogP contribution in [0.25, 0.3) is 10.9 Å². The summed E-state index contributed by atoms with van der Waals surface area (Å²) in [6, 6.07) is 16.2. The van der Waals surface area contributed by atoms with Gasteiger partial charge in [0.15, 0.2) is 0 Å². The third-order valence-corrected chi connectivity index (χ3v) is 4.25. The van der Waals surface area contributed by atoms with Crippen molar-refractivity contribution in [3.05, 3.63) is 71.4 Å². The predicted octanol–water partition coefficient (Wildman–Crippen LogP) is 2.39. The predicted molar refractivity (Wildman–Crippen MR) is 90.3 cm³/mol. The smallest absolute Gasteiger partial charge is 0.264 e. The van der Waals surface area contributed by atoms with E-state index in [0.29, 0.717) is 27.6 Å². The minimum atomic E-state index is -0.714. The first-order valence-electron chi connectivity index (χ1n) is 7.43. The van der Waals surface area contributed by atoms with Gasteiger partial charge in [-0.25, -0.2) is 0 Å². The zero-order chi connectivity index (χ0) is 16.8. The Hall–Kier alpha value is -3.25. The van der Waals surface area contributed by atoms with Gasteiger partial charge in [0.05, 0.1) is 16.9 Å². The van der Waals surface area contributed by atoms with Crippen LogP contribution in [0.2, 0.25) is 0 Å². The average Bonchev–Trinajstić information content (AvgIpc) is 2.85. The van der Waals surface area contributed by atoms with Crippen molar-refractivity contribution >= 4 is 28.3 Å². The Morgan fingerprint density at radius 3 is 2.75 bits per heavy atom. The first-order valence-corrected chi connectivity index (χ1v) is 7.43. The lowest BCUT2D eigenvalue weighted by Crippen LogP contribution is -2.25. The van der Waals surface area contributed by atoms with Gasteiger partial charge in [0, 0.05) is 10.9 Å². The summed E-state index contributed by atoms with van der Waals surface area (Å²) in [5.41, 5.74) is 8.37. The number of rotatable bonds is 2. The molecular weight excluding hydrogens is 304 g/mol. The van der Waals surface area contributed by atoms with Gasteiger partial charge >= 0.3 is 0 Å². The zero-order valence-electron chi connectivity index (χ0n) is 12.6. The third-order valence-electron chi connectivity index (χ3n) is 4.25. The Kier molecular flexibility index (Phi) is 3.07. The number of anilines is 1. The molecule has 1 aliphatic heterocycles. The zero-order valence-corrected chi connectivity index (χ0v) is 12.6. The normalized spacial score (nSPS) is 16.5. The standard InChI is InChI=1S/C18H14N4O2/c19-17(20)11-6-8-15-12(9-11)16(18(23)22(15)24)14-7-5-10-3-1-2-4-13(10)21-14/h1-9,16,24H,(H3,19,20). The topological polar surface area (TPSA) is 103 Å². The monoisotopic (exact) mass is 318 g/mol. The van der Waals surface area contributed by atoms with Crippen molar-refractivity contribution in [3.63, 3.8) is 0 Å². The van der Waals surface area contributed by atoms with Crippen molar-refractivity contribution in [1.29, 1.82) is 5.41 Å². The maximum atomic E-state index is 12.5. The Balaban J connectivity index is 1.90. The average molecular weight is 318 g/mol. The molecule has 6 nitrogen and oxygen atoms in total. The van der Waals surface area contributed by atoms with E-state index in [1.165, 1.54) is 0 Å². The van der Waals surface area contributed by atoms with Crippen LogP contribution in [0.5, 0.6) is 0 Å². The molecule has 1 unspecified atom stereocenters. The van der Waals surface area contributed by atoms with Crippen molar-refractivity contribution in [2.24, 2.45) is 5.73 Å². The Labute approximate surface area is 137 Å². The van der Waals surface area contributed by atoms with Gasteiger partial charge in [0.2, 0.25) is 0 Å². The SMILES string of the molecule is N=C(N)c1ccc2c(c1)C(c1ccc3ccccc3n1)C(=O)N2O. The molecule has 4 rings (SSSR count). The van der Waals surface area contributed by atoms with E-state index in [9.17, 15) is 10.0 Å². The number of hydrogen-bond donors (Lipinski definition) is 3. The maximum absolute atomic E-state index is 12.5. The molecule has 2 aromatic carbocycles. The first-order chi connectivity index (χ1) is 11.6. The third kappa shape index (κ3) is 2.04. The molecule has 1 amide bonds. The van der Waals surface area contributed by atoms with Gasteiger partial charge in [-0.15, -0.1) is 0 Å². The molecule has 0 radical (unpaired) electrons. The fourth-order valence-electron chi connectivity index (χ4n) is 3.05. The van der Waals surface area contributed by atoms with E-state index in [2.05, 4.69) is 4.98 Å². The molecule has 6 heteroatoms. The number of amides is 1. The van der Waals surface area contributed by atoms with Gasteiger partial charge in [-0.1, -0.05) is 24.3 Å². The van der Waals surface area contributed by atoms with Crippen LogP contribution < -0.4 is 10.8 Å². The first kappa shape index (κ1) is 14.3. The Morgan fingerprint density at radius 2 is 1.96 bits per heavy atom. The lowest BCUT2D eigenvalue weighted by molar-refractivity contribution is -0.123. The van der Waals surface area contributed by atoms with Crippen LogP contribution >= 0.6 is 0 Å². The van der Waals surface area contributed by atoms with Crippen LogP contribution in [0.4, 0.5) is 5.69 Å². The number of para-hydroxylation sites is 1. The molecule has 2 heterocycles. The van der Waals surface area contributed by atoms with Crippen molar-refractivity contribution in [3.8, 4) is 0 Å². The van der Waals surface area contributed by atoms with Gasteiger partial charge in [0.1, 0.15) is 11.8 Å². The molecule has 0 fully saturated rings. The molecule has 0 saturated carbocycles. The number of nitrogens with one attached hydrogen (secondary N) is 1. The summed E-state index contributed by atoms with van der Waals surface area (Å²) in [7, 11) is 0. The number of pyridine rings is 1. The van der Waals surface area contributed by atoms with Gasteiger partial charge in [-0.05, 0) is 35.9 Å². The molecule has 1 aromatic heterocycles. The van der Waals surface area contributed by atoms with E-state index < -0.39 is 11.8 Å². The highest BCUT2D eigenvalue weighted by atomic mass is 16.5. The number of hydroxylamine groups is 1. The lowest BCUT2D eigenvalue weighted by Gasteiger charge is -2.10. The fourth-order valence-corrected chi connectivity index (χ4v) is 3.05. The summed E-state index contributed by atoms with van der Waals surface area (Å²) in [4.78, 5) is 17.1.